The van der Waals surface area contributed by atoms with Gasteiger partial charge in [-0.25, -0.2) is 4.79 Å². The molecule has 0 bridgehead atoms. The van der Waals surface area contributed by atoms with Crippen molar-refractivity contribution in [1.82, 2.24) is 0 Å². The molecular formula is C11H22O2. The molecule has 0 unspecified atom stereocenters. The van der Waals surface area contributed by atoms with E-state index in [4.69, 9.17) is 0 Å². The van der Waals surface area contributed by atoms with Crippen LogP contribution in [0.3, 0.4) is 0 Å². The van der Waals surface area contributed by atoms with Crippen molar-refractivity contribution in [1.29, 1.82) is 0 Å². The second-order valence-corrected chi connectivity index (χ2v) is 2.89. The van der Waals surface area contributed by atoms with Gasteiger partial charge in [0.1, 0.15) is 0 Å². The van der Waals surface area contributed by atoms with Crippen molar-refractivity contribution < 1.29 is 11.0 Å². The van der Waals surface area contributed by atoms with Crippen LogP contribution in [-0.2, 0) is 9.53 Å². The van der Waals surface area contributed by atoms with Gasteiger partial charge in [0, 0.05) is 7.50 Å². The SMILES string of the molecule is C=C(CC)C(C)C.C=CC(=O)OC.[HH]. The monoisotopic (exact) mass is 186 g/mol. The summed E-state index contributed by atoms with van der Waals surface area (Å²) in [6.45, 7) is 13.5. The molecule has 0 rings (SSSR count). The molecule has 0 fully saturated rings. The van der Waals surface area contributed by atoms with Gasteiger partial charge >= 0.3 is 5.97 Å². The predicted octanol–water partition coefficient (Wildman–Crippen LogP) is 3.20. The largest absolute Gasteiger partial charge is 0.466 e. The molecular weight excluding hydrogens is 164 g/mol. The summed E-state index contributed by atoms with van der Waals surface area (Å²) in [6.07, 6.45) is 2.23. The van der Waals surface area contributed by atoms with Crippen LogP contribution in [0.4, 0.5) is 0 Å². The number of allylic oxidation sites excluding steroid dienone is 1. The van der Waals surface area contributed by atoms with Gasteiger partial charge in [0.25, 0.3) is 0 Å². The summed E-state index contributed by atoms with van der Waals surface area (Å²) in [5.41, 5.74) is 1.35. The number of carbonyl (C=O) groups excluding carboxylic acids is 1. The maximum absolute atomic E-state index is 9.84. The van der Waals surface area contributed by atoms with Gasteiger partial charge in [0.2, 0.25) is 0 Å². The molecule has 0 heterocycles. The van der Waals surface area contributed by atoms with E-state index in [0.29, 0.717) is 5.92 Å². The molecule has 0 spiro atoms. The minimum absolute atomic E-state index is 0. The highest BCUT2D eigenvalue weighted by Crippen LogP contribution is 2.08. The highest BCUT2D eigenvalue weighted by molar-refractivity contribution is 5.80. The third kappa shape index (κ3) is 10.9. The van der Waals surface area contributed by atoms with E-state index in [-0.39, 0.29) is 1.43 Å². The van der Waals surface area contributed by atoms with Gasteiger partial charge in [0.15, 0.2) is 0 Å². The van der Waals surface area contributed by atoms with Crippen LogP contribution in [0.5, 0.6) is 0 Å². The second-order valence-electron chi connectivity index (χ2n) is 2.89. The van der Waals surface area contributed by atoms with Crippen molar-refractivity contribution in [3.05, 3.63) is 24.8 Å². The van der Waals surface area contributed by atoms with Gasteiger partial charge < -0.3 is 4.74 Å². The van der Waals surface area contributed by atoms with Crippen LogP contribution >= 0.6 is 0 Å². The van der Waals surface area contributed by atoms with Crippen molar-refractivity contribution in [3.8, 4) is 0 Å². The van der Waals surface area contributed by atoms with Gasteiger partial charge in [-0.1, -0.05) is 39.5 Å². The van der Waals surface area contributed by atoms with Crippen LogP contribution in [0.15, 0.2) is 24.8 Å². The lowest BCUT2D eigenvalue weighted by atomic mass is 10.0. The Morgan fingerprint density at radius 1 is 1.62 bits per heavy atom. The average molecular weight is 186 g/mol. The molecule has 0 aromatic rings. The summed E-state index contributed by atoms with van der Waals surface area (Å²) in [7, 11) is 1.31. The van der Waals surface area contributed by atoms with Gasteiger partial charge in [-0.15, -0.1) is 0 Å². The standard InChI is InChI=1S/C7H14.C4H6O2.H2/c1-5-7(4)6(2)3;1-3-4(5)6-2;/h6H,4-5H2,1-3H3;3H,1H2,2H3;1H. The van der Waals surface area contributed by atoms with Crippen LogP contribution in [0.2, 0.25) is 0 Å². The first kappa shape index (κ1) is 14.5. The topological polar surface area (TPSA) is 26.3 Å². The number of ether oxygens (including phenoxy) is 1. The van der Waals surface area contributed by atoms with E-state index < -0.39 is 5.97 Å². The van der Waals surface area contributed by atoms with E-state index in [9.17, 15) is 4.79 Å². The summed E-state index contributed by atoms with van der Waals surface area (Å²) >= 11 is 0. The van der Waals surface area contributed by atoms with Gasteiger partial charge in [-0.2, -0.15) is 0 Å². The lowest BCUT2D eigenvalue weighted by Crippen LogP contribution is -1.91. The Labute approximate surface area is 82.8 Å². The fourth-order valence-corrected chi connectivity index (χ4v) is 0.492. The predicted molar refractivity (Wildman–Crippen MR) is 58.6 cm³/mol. The fraction of sp³-hybridized carbons (Fsp3) is 0.545. The van der Waals surface area contributed by atoms with E-state index in [2.05, 4.69) is 38.7 Å². The number of hydrogen-bond acceptors (Lipinski definition) is 2. The number of methoxy groups -OCH3 is 1. The molecule has 0 aromatic carbocycles. The van der Waals surface area contributed by atoms with Crippen LogP contribution in [0, 0.1) is 5.92 Å². The van der Waals surface area contributed by atoms with Crippen molar-refractivity contribution in [2.45, 2.75) is 27.2 Å². The van der Waals surface area contributed by atoms with Gasteiger partial charge in [-0.05, 0) is 12.3 Å². The summed E-state index contributed by atoms with van der Waals surface area (Å²) in [5.74, 6) is 0.278. The molecule has 78 valence electrons. The van der Waals surface area contributed by atoms with E-state index in [0.717, 1.165) is 12.5 Å². The lowest BCUT2D eigenvalue weighted by molar-refractivity contribution is -0.134. The van der Waals surface area contributed by atoms with E-state index in [1.54, 1.807) is 0 Å². The number of carbonyl (C=O) groups is 1. The molecule has 0 N–H and O–H groups in total. The lowest BCUT2D eigenvalue weighted by Gasteiger charge is -2.03. The zero-order valence-electron chi connectivity index (χ0n) is 9.09. The molecule has 0 aromatic heterocycles. The molecule has 0 radical (unpaired) electrons. The van der Waals surface area contributed by atoms with Crippen molar-refractivity contribution >= 4 is 5.97 Å². The number of esters is 1. The van der Waals surface area contributed by atoms with Crippen LogP contribution in [0.1, 0.15) is 28.6 Å². The van der Waals surface area contributed by atoms with Gasteiger partial charge in [-0.3, -0.25) is 0 Å². The van der Waals surface area contributed by atoms with E-state index in [1.165, 1.54) is 12.7 Å². The van der Waals surface area contributed by atoms with E-state index in [1.807, 2.05) is 0 Å². The quantitative estimate of drug-likeness (QED) is 0.384. The van der Waals surface area contributed by atoms with Crippen LogP contribution in [0.25, 0.3) is 0 Å². The summed E-state index contributed by atoms with van der Waals surface area (Å²) in [6, 6.07) is 0. The first-order valence-electron chi connectivity index (χ1n) is 4.37. The van der Waals surface area contributed by atoms with Crippen molar-refractivity contribution in [3.63, 3.8) is 0 Å². The maximum Gasteiger partial charge on any atom is 0.329 e. The molecule has 0 atom stereocenters. The number of hydrogen-bond donors (Lipinski definition) is 0. The second kappa shape index (κ2) is 9.04. The van der Waals surface area contributed by atoms with Crippen molar-refractivity contribution in [2.24, 2.45) is 5.92 Å². The minimum Gasteiger partial charge on any atom is -0.466 e. The maximum atomic E-state index is 9.84. The third-order valence-corrected chi connectivity index (χ3v) is 1.64. The Balaban J connectivity index is -0.000000163. The summed E-state index contributed by atoms with van der Waals surface area (Å²) < 4.78 is 4.14. The number of rotatable bonds is 3. The Morgan fingerprint density at radius 3 is 2.08 bits per heavy atom. The summed E-state index contributed by atoms with van der Waals surface area (Å²) in [4.78, 5) is 9.84. The zero-order valence-corrected chi connectivity index (χ0v) is 9.09. The molecule has 2 heteroatoms. The van der Waals surface area contributed by atoms with Gasteiger partial charge in [0.05, 0.1) is 7.11 Å². The average Bonchev–Trinajstić information content (AvgIpc) is 2.16. The third-order valence-electron chi connectivity index (χ3n) is 1.64. The Morgan fingerprint density at radius 2 is 2.08 bits per heavy atom. The highest BCUT2D eigenvalue weighted by atomic mass is 16.5. The summed E-state index contributed by atoms with van der Waals surface area (Å²) in [5, 5.41) is 0. The highest BCUT2D eigenvalue weighted by Gasteiger charge is 1.93. The molecule has 0 saturated carbocycles. The first-order chi connectivity index (χ1) is 5.99. The minimum atomic E-state index is -0.394. The first-order valence-corrected chi connectivity index (χ1v) is 4.37. The molecule has 2 nitrogen and oxygen atoms in total. The molecule has 0 amide bonds. The molecule has 13 heavy (non-hydrogen) atoms. The Bertz CT molecular complexity index is 174. The zero-order chi connectivity index (χ0) is 10.9. The van der Waals surface area contributed by atoms with Crippen molar-refractivity contribution in [2.75, 3.05) is 7.11 Å². The molecule has 0 aliphatic carbocycles. The van der Waals surface area contributed by atoms with Crippen LogP contribution < -0.4 is 0 Å². The Hall–Kier alpha value is -1.05. The fourth-order valence-electron chi connectivity index (χ4n) is 0.492. The molecule has 0 aliphatic heterocycles. The molecule has 0 saturated heterocycles. The van der Waals surface area contributed by atoms with Crippen LogP contribution in [-0.4, -0.2) is 13.1 Å². The molecule has 0 aliphatic rings. The smallest absolute Gasteiger partial charge is 0.329 e. The van der Waals surface area contributed by atoms with E-state index >= 15 is 0 Å². The normalized spacial score (nSPS) is 8.38. The Kier molecular flexibility index (Phi) is 10.1.